The molecule has 190 valence electrons. The summed E-state index contributed by atoms with van der Waals surface area (Å²) in [5.74, 6) is 1.27. The van der Waals surface area contributed by atoms with E-state index in [0.29, 0.717) is 17.3 Å². The summed E-state index contributed by atoms with van der Waals surface area (Å²) in [5.41, 5.74) is 10.3. The van der Waals surface area contributed by atoms with E-state index in [9.17, 15) is 0 Å². The fraction of sp³-hybridized carbons (Fsp3) is 0. The molecule has 1 aliphatic carbocycles. The summed E-state index contributed by atoms with van der Waals surface area (Å²) >= 11 is 0. The van der Waals surface area contributed by atoms with Gasteiger partial charge in [0.05, 0.1) is 16.8 Å². The minimum Gasteiger partial charge on any atom is -0.456 e. The highest BCUT2D eigenvalue weighted by molar-refractivity contribution is 6.14. The smallest absolute Gasteiger partial charge is 0.168 e. The first kappa shape index (κ1) is 22.2. The first-order valence-electron chi connectivity index (χ1n) is 13.6. The zero-order valence-electron chi connectivity index (χ0n) is 21.7. The first-order valence-corrected chi connectivity index (χ1v) is 13.6. The molecule has 5 nitrogen and oxygen atoms in total. The van der Waals surface area contributed by atoms with Crippen LogP contribution in [0.15, 0.2) is 126 Å². The number of para-hydroxylation sites is 1. The van der Waals surface area contributed by atoms with Crippen LogP contribution in [0.1, 0.15) is 0 Å². The lowest BCUT2D eigenvalue weighted by Crippen LogP contribution is -1.98. The number of nitrogens with zero attached hydrogens (tertiary/aromatic N) is 4. The number of furan rings is 1. The van der Waals surface area contributed by atoms with Crippen LogP contribution in [0.2, 0.25) is 0 Å². The van der Waals surface area contributed by atoms with Gasteiger partial charge in [-0.1, -0.05) is 109 Å². The van der Waals surface area contributed by atoms with Gasteiger partial charge in [0, 0.05) is 33.0 Å². The molecule has 0 fully saturated rings. The van der Waals surface area contributed by atoms with Crippen molar-refractivity contribution in [3.63, 3.8) is 0 Å². The van der Waals surface area contributed by atoms with Crippen LogP contribution in [0.4, 0.5) is 0 Å². The number of rotatable bonds is 3. The normalized spacial score (nSPS) is 11.9. The molecule has 0 unspecified atom stereocenters. The topological polar surface area (TPSA) is 64.7 Å². The molecule has 0 bridgehead atoms. The minimum absolute atomic E-state index is 0.622. The molecule has 0 saturated heterocycles. The summed E-state index contributed by atoms with van der Waals surface area (Å²) in [6.45, 7) is 0. The van der Waals surface area contributed by atoms with Gasteiger partial charge in [-0.05, 0) is 23.3 Å². The molecule has 1 aliphatic rings. The number of hydrogen-bond acceptors (Lipinski definition) is 5. The van der Waals surface area contributed by atoms with E-state index >= 15 is 0 Å². The Hall–Kier alpha value is -5.68. The fourth-order valence-corrected chi connectivity index (χ4v) is 5.97. The van der Waals surface area contributed by atoms with Crippen LogP contribution in [0.5, 0.6) is 0 Å². The molecule has 0 spiro atoms. The molecule has 3 heterocycles. The van der Waals surface area contributed by atoms with Crippen LogP contribution in [0, 0.1) is 0 Å². The van der Waals surface area contributed by atoms with Crippen LogP contribution in [-0.2, 0) is 0 Å². The maximum atomic E-state index is 6.16. The number of fused-ring (bicyclic) bond motifs is 6. The van der Waals surface area contributed by atoms with Crippen molar-refractivity contribution in [3.05, 3.63) is 121 Å². The van der Waals surface area contributed by atoms with Crippen LogP contribution in [-0.4, -0.2) is 19.9 Å². The molecule has 5 aromatic carbocycles. The lowest BCUT2D eigenvalue weighted by molar-refractivity contribution is 0.669. The zero-order chi connectivity index (χ0) is 26.9. The van der Waals surface area contributed by atoms with Crippen molar-refractivity contribution in [1.82, 2.24) is 19.9 Å². The highest BCUT2D eigenvalue weighted by Crippen LogP contribution is 2.46. The molecule has 0 amide bonds. The Morgan fingerprint density at radius 2 is 0.976 bits per heavy atom. The third kappa shape index (κ3) is 3.29. The van der Waals surface area contributed by atoms with E-state index in [-0.39, 0.29) is 0 Å². The van der Waals surface area contributed by atoms with Gasteiger partial charge < -0.3 is 4.42 Å². The Bertz CT molecular complexity index is 2300. The average Bonchev–Trinajstić information content (AvgIpc) is 3.58. The predicted molar refractivity (Wildman–Crippen MR) is 163 cm³/mol. The molecule has 9 rings (SSSR count). The van der Waals surface area contributed by atoms with Gasteiger partial charge in [0.1, 0.15) is 11.2 Å². The van der Waals surface area contributed by atoms with Crippen molar-refractivity contribution < 1.29 is 4.42 Å². The molecular weight excluding hydrogens is 504 g/mol. The van der Waals surface area contributed by atoms with Gasteiger partial charge in [-0.25, -0.2) is 19.9 Å². The Kier molecular flexibility index (Phi) is 4.55. The van der Waals surface area contributed by atoms with E-state index in [4.69, 9.17) is 24.4 Å². The third-order valence-electron chi connectivity index (χ3n) is 7.89. The zero-order valence-corrected chi connectivity index (χ0v) is 21.7. The first-order chi connectivity index (χ1) is 20.3. The van der Waals surface area contributed by atoms with Gasteiger partial charge in [-0.2, -0.15) is 0 Å². The SMILES string of the molecule is c1ccc(-c2ccc(-c3nc4c5c(nc(-c6cccc7oc8ccccc8c67)nc5n3)-c3ccccc3-4)cc2)cc1. The Morgan fingerprint density at radius 3 is 1.78 bits per heavy atom. The summed E-state index contributed by atoms with van der Waals surface area (Å²) in [6.07, 6.45) is 0. The second-order valence-electron chi connectivity index (χ2n) is 10.3. The molecule has 8 aromatic rings. The minimum atomic E-state index is 0.622. The highest BCUT2D eigenvalue weighted by Gasteiger charge is 2.28. The van der Waals surface area contributed by atoms with Crippen molar-refractivity contribution in [1.29, 1.82) is 0 Å². The number of hydrogen-bond donors (Lipinski definition) is 0. The molecule has 0 aliphatic heterocycles. The van der Waals surface area contributed by atoms with Crippen molar-refractivity contribution in [3.8, 4) is 56.4 Å². The van der Waals surface area contributed by atoms with E-state index in [1.807, 2.05) is 48.5 Å². The maximum Gasteiger partial charge on any atom is 0.168 e. The average molecular weight is 525 g/mol. The number of aromatic nitrogens is 4. The van der Waals surface area contributed by atoms with Crippen LogP contribution in [0.25, 0.3) is 89.4 Å². The summed E-state index contributed by atoms with van der Waals surface area (Å²) in [5, 5.41) is 2.94. The summed E-state index contributed by atoms with van der Waals surface area (Å²) in [7, 11) is 0. The van der Waals surface area contributed by atoms with Gasteiger partial charge in [-0.3, -0.25) is 0 Å². The second kappa shape index (κ2) is 8.41. The quantitative estimate of drug-likeness (QED) is 0.231. The largest absolute Gasteiger partial charge is 0.456 e. The molecule has 3 aromatic heterocycles. The monoisotopic (exact) mass is 524 g/mol. The summed E-state index contributed by atoms with van der Waals surface area (Å²) in [6, 6.07) is 41.2. The van der Waals surface area contributed by atoms with Gasteiger partial charge in [0.15, 0.2) is 17.3 Å². The summed E-state index contributed by atoms with van der Waals surface area (Å²) < 4.78 is 6.16. The van der Waals surface area contributed by atoms with E-state index in [2.05, 4.69) is 72.8 Å². The van der Waals surface area contributed by atoms with Crippen LogP contribution >= 0.6 is 0 Å². The third-order valence-corrected chi connectivity index (χ3v) is 7.89. The molecule has 0 radical (unpaired) electrons. The van der Waals surface area contributed by atoms with Gasteiger partial charge >= 0.3 is 0 Å². The van der Waals surface area contributed by atoms with Crippen LogP contribution in [0.3, 0.4) is 0 Å². The van der Waals surface area contributed by atoms with Crippen molar-refractivity contribution in [2.75, 3.05) is 0 Å². The fourth-order valence-electron chi connectivity index (χ4n) is 5.97. The summed E-state index contributed by atoms with van der Waals surface area (Å²) in [4.78, 5) is 20.3. The molecular formula is C36H20N4O. The second-order valence-corrected chi connectivity index (χ2v) is 10.3. The molecule has 0 atom stereocenters. The molecule has 0 saturated carbocycles. The van der Waals surface area contributed by atoms with Crippen LogP contribution < -0.4 is 0 Å². The van der Waals surface area contributed by atoms with E-state index in [1.54, 1.807) is 0 Å². The molecule has 5 heteroatoms. The Labute approximate surface area is 234 Å². The highest BCUT2D eigenvalue weighted by atomic mass is 16.3. The van der Waals surface area contributed by atoms with Gasteiger partial charge in [0.25, 0.3) is 0 Å². The van der Waals surface area contributed by atoms with E-state index < -0.39 is 0 Å². The lowest BCUT2D eigenvalue weighted by atomic mass is 10.0. The number of benzene rings is 5. The van der Waals surface area contributed by atoms with Crippen molar-refractivity contribution in [2.24, 2.45) is 0 Å². The predicted octanol–water partition coefficient (Wildman–Crippen LogP) is 8.97. The molecule has 0 N–H and O–H groups in total. The molecule has 41 heavy (non-hydrogen) atoms. The van der Waals surface area contributed by atoms with Crippen molar-refractivity contribution in [2.45, 2.75) is 0 Å². The Morgan fingerprint density at radius 1 is 0.390 bits per heavy atom. The van der Waals surface area contributed by atoms with Crippen molar-refractivity contribution >= 4 is 33.0 Å². The maximum absolute atomic E-state index is 6.16. The van der Waals surface area contributed by atoms with Gasteiger partial charge in [0.2, 0.25) is 0 Å². The standard InChI is InChI=1S/C36H20N4O/c1-2-9-21(10-3-1)22-17-19-23(20-18-22)34-37-32-24-11-4-5-12-25(24)33-31(32)36(39-34)40-35(38-33)27-14-8-16-29-30(27)26-13-6-7-15-28(26)41-29/h1-20H. The lowest BCUT2D eigenvalue weighted by Gasteiger charge is -2.09. The van der Waals surface area contributed by atoms with E-state index in [1.165, 1.54) is 5.56 Å². The van der Waals surface area contributed by atoms with Gasteiger partial charge in [-0.15, -0.1) is 0 Å². The Balaban J connectivity index is 1.28. The van der Waals surface area contributed by atoms with E-state index in [0.717, 1.165) is 66.5 Å².